The summed E-state index contributed by atoms with van der Waals surface area (Å²) in [6.07, 6.45) is 8.77. The van der Waals surface area contributed by atoms with Gasteiger partial charge >= 0.3 is 38.3 Å². The van der Waals surface area contributed by atoms with Gasteiger partial charge in [0.15, 0.2) is 20.2 Å². The average molecular weight is 964 g/mol. The van der Waals surface area contributed by atoms with E-state index < -0.39 is 31.3 Å². The Hall–Kier alpha value is -3.66. The number of fused-ring (bicyclic) bond motifs is 4. The van der Waals surface area contributed by atoms with E-state index in [0.717, 1.165) is 22.9 Å². The van der Waals surface area contributed by atoms with Gasteiger partial charge in [0.05, 0.1) is 49.6 Å². The summed E-state index contributed by atoms with van der Waals surface area (Å²) < 4.78 is 123. The first-order valence-electron chi connectivity index (χ1n) is 13.5. The van der Waals surface area contributed by atoms with E-state index >= 15 is 0 Å². The number of halogens is 6. The number of hydrogen-bond acceptors (Lipinski definition) is 15. The van der Waals surface area contributed by atoms with Gasteiger partial charge in [-0.15, -0.1) is 0 Å². The van der Waals surface area contributed by atoms with Gasteiger partial charge in [0.2, 0.25) is 0 Å². The number of rotatable bonds is 1. The SMILES string of the molecule is CN(C)c1ccncc1.CN1/N=C/c2cccc(n2)C=NCCOCCN=Cc2cccc1n2.O=S(=O)([O-])C(F)(F)F.O=S(=O)([O-])C(F)(F)F.[Pb+2]. The fraction of sp³-hybridized carbons (Fsp3) is 0.333. The maximum atomic E-state index is 10.7. The van der Waals surface area contributed by atoms with Crippen LogP contribution < -0.4 is 9.91 Å². The van der Waals surface area contributed by atoms with Crippen molar-refractivity contribution >= 4 is 77.7 Å². The molecule has 2 radical (unpaired) electrons. The van der Waals surface area contributed by atoms with Crippen molar-refractivity contribution in [2.75, 3.05) is 57.4 Å². The topological polar surface area (TPSA) is 206 Å². The molecule has 0 amide bonds. The van der Waals surface area contributed by atoms with Gasteiger partial charge < -0.3 is 18.7 Å². The molecule has 0 N–H and O–H groups in total. The molecule has 0 fully saturated rings. The Bertz CT molecular complexity index is 1740. The molecule has 0 aromatic carbocycles. The van der Waals surface area contributed by atoms with Crippen LogP contribution in [0.15, 0.2) is 76.0 Å². The van der Waals surface area contributed by atoms with Gasteiger partial charge in [-0.25, -0.2) is 26.8 Å². The van der Waals surface area contributed by atoms with E-state index in [4.69, 9.17) is 30.7 Å². The second kappa shape index (κ2) is 22.3. The molecule has 3 aromatic heterocycles. The Morgan fingerprint density at radius 3 is 1.55 bits per heavy atom. The largest absolute Gasteiger partial charge is 2.00 e. The van der Waals surface area contributed by atoms with Crippen molar-refractivity contribution in [2.45, 2.75) is 11.0 Å². The van der Waals surface area contributed by atoms with E-state index in [1.807, 2.05) is 74.6 Å². The van der Waals surface area contributed by atoms with Gasteiger partial charge in [0.1, 0.15) is 5.82 Å². The summed E-state index contributed by atoms with van der Waals surface area (Å²) in [6.45, 7) is 2.30. The van der Waals surface area contributed by atoms with Gasteiger partial charge in [0, 0.05) is 51.7 Å². The monoisotopic (exact) mass is 964 g/mol. The summed E-state index contributed by atoms with van der Waals surface area (Å²) in [5.74, 6) is 0.732. The molecule has 1 aliphatic heterocycles. The van der Waals surface area contributed by atoms with Crippen molar-refractivity contribution in [1.82, 2.24) is 15.0 Å². The molecule has 0 unspecified atom stereocenters. The Morgan fingerprint density at radius 2 is 1.14 bits per heavy atom. The molecule has 278 valence electrons. The normalized spacial score (nSPS) is 14.3. The Labute approximate surface area is 309 Å². The van der Waals surface area contributed by atoms with Gasteiger partial charge in [-0.05, 0) is 36.4 Å². The molecule has 0 saturated carbocycles. The number of hydrazone groups is 1. The third kappa shape index (κ3) is 20.1. The number of ether oxygens (including phenoxy) is 1. The average Bonchev–Trinajstić information content (AvgIpc) is 3.02. The van der Waals surface area contributed by atoms with E-state index in [0.29, 0.717) is 26.3 Å². The zero-order chi connectivity index (χ0) is 38.0. The molecule has 1 aliphatic rings. The number of aromatic nitrogens is 3. The molecule has 4 rings (SSSR count). The number of hydrogen-bond donors (Lipinski definition) is 0. The van der Waals surface area contributed by atoms with E-state index in [2.05, 4.69) is 30.0 Å². The van der Waals surface area contributed by atoms with Crippen LogP contribution in [0.1, 0.15) is 17.1 Å². The number of aliphatic imine (C=N–C) groups is 2. The summed E-state index contributed by atoms with van der Waals surface area (Å²) in [5.41, 5.74) is -7.78. The van der Waals surface area contributed by atoms with Crippen molar-refractivity contribution in [2.24, 2.45) is 15.1 Å². The van der Waals surface area contributed by atoms with Crippen molar-refractivity contribution in [1.29, 1.82) is 0 Å². The quantitative estimate of drug-likeness (QED) is 0.150. The summed E-state index contributed by atoms with van der Waals surface area (Å²) in [5, 5.41) is 6.11. The zero-order valence-electron chi connectivity index (χ0n) is 26.9. The molecule has 0 aliphatic carbocycles. The molecule has 0 atom stereocenters. The minimum absolute atomic E-state index is 0. The minimum Gasteiger partial charge on any atom is -0.741 e. The second-order valence-corrected chi connectivity index (χ2v) is 12.0. The predicted octanol–water partition coefficient (Wildman–Crippen LogP) is 2.68. The smallest absolute Gasteiger partial charge is 0.741 e. The van der Waals surface area contributed by atoms with Gasteiger partial charge in [-0.1, -0.05) is 12.1 Å². The van der Waals surface area contributed by atoms with E-state index in [1.54, 1.807) is 36.0 Å². The number of anilines is 2. The Morgan fingerprint density at radius 1 is 0.725 bits per heavy atom. The van der Waals surface area contributed by atoms with Crippen LogP contribution in [0, 0.1) is 0 Å². The number of alkyl halides is 6. The van der Waals surface area contributed by atoms with Crippen LogP contribution in [0.5, 0.6) is 0 Å². The second-order valence-electron chi connectivity index (χ2n) is 9.26. The van der Waals surface area contributed by atoms with E-state index in [9.17, 15) is 26.3 Å². The Kier molecular flexibility index (Phi) is 20.7. The molecule has 51 heavy (non-hydrogen) atoms. The third-order valence-electron chi connectivity index (χ3n) is 5.17. The van der Waals surface area contributed by atoms with Gasteiger partial charge in [-0.3, -0.25) is 20.0 Å². The fourth-order valence-electron chi connectivity index (χ4n) is 2.80. The molecular formula is C27H30F6N8O7PbS2. The van der Waals surface area contributed by atoms with Crippen LogP contribution in [-0.2, 0) is 25.0 Å². The molecule has 4 heterocycles. The fourth-order valence-corrected chi connectivity index (χ4v) is 2.80. The zero-order valence-corrected chi connectivity index (χ0v) is 32.4. The summed E-state index contributed by atoms with van der Waals surface area (Å²) >= 11 is 0. The van der Waals surface area contributed by atoms with Crippen LogP contribution in [0.25, 0.3) is 0 Å². The first-order valence-corrected chi connectivity index (χ1v) is 16.3. The van der Waals surface area contributed by atoms with Crippen LogP contribution in [0.4, 0.5) is 37.8 Å². The molecule has 3 aromatic rings. The Balaban J connectivity index is 0.000000789. The van der Waals surface area contributed by atoms with Gasteiger partial charge in [0.25, 0.3) is 0 Å². The molecule has 0 saturated heterocycles. The summed E-state index contributed by atoms with van der Waals surface area (Å²) in [7, 11) is -6.32. The molecular weight excluding hydrogens is 934 g/mol. The summed E-state index contributed by atoms with van der Waals surface area (Å²) in [4.78, 5) is 23.6. The number of nitrogens with zero attached hydrogens (tertiary/aromatic N) is 8. The standard InChI is InChI=1S/C18H20N6O.C7H10N2.2CHF3O3S.Pb/c1-24-18-7-3-6-16(23-18)13-20-9-11-25-10-8-19-12-15-4-2-5-17(22-15)14-21-24;1-9(2)7-3-5-8-6-4-7;2*2-1(3,4)8(5,6)7;/h2-7,12-14H,8-11H2,1H3;3-6H,1-2H3;2*(H,5,6,7);/q;;;;+2/p-2/b19-12?,20-13?,21-14+;;;;. The van der Waals surface area contributed by atoms with Crippen molar-refractivity contribution in [3.63, 3.8) is 0 Å². The van der Waals surface area contributed by atoms with Crippen LogP contribution >= 0.6 is 0 Å². The molecule has 0 spiro atoms. The first-order chi connectivity index (χ1) is 23.1. The van der Waals surface area contributed by atoms with Crippen LogP contribution in [0.2, 0.25) is 0 Å². The first kappa shape index (κ1) is 47.3. The van der Waals surface area contributed by atoms with Crippen LogP contribution in [-0.4, -0.2) is 145 Å². The van der Waals surface area contributed by atoms with E-state index in [1.165, 1.54) is 5.69 Å². The number of pyridine rings is 3. The molecule has 4 bridgehead atoms. The maximum absolute atomic E-state index is 10.7. The van der Waals surface area contributed by atoms with E-state index in [-0.39, 0.29) is 27.3 Å². The summed E-state index contributed by atoms with van der Waals surface area (Å²) in [6, 6.07) is 15.4. The van der Waals surface area contributed by atoms with Crippen molar-refractivity contribution in [3.8, 4) is 0 Å². The minimum atomic E-state index is -6.09. The third-order valence-corrected chi connectivity index (χ3v) is 6.30. The van der Waals surface area contributed by atoms with Crippen molar-refractivity contribution in [3.05, 3.63) is 78.0 Å². The van der Waals surface area contributed by atoms with Crippen LogP contribution in [0.3, 0.4) is 0 Å². The van der Waals surface area contributed by atoms with Crippen molar-refractivity contribution < 1.29 is 57.0 Å². The van der Waals surface area contributed by atoms with Gasteiger partial charge in [-0.2, -0.15) is 31.4 Å². The molecule has 15 nitrogen and oxygen atoms in total. The molecule has 24 heteroatoms. The predicted molar refractivity (Wildman–Crippen MR) is 176 cm³/mol. The maximum Gasteiger partial charge on any atom is 2.00 e.